The standard InChI is InChI=1S/C24H24ClNO2.ClH/c1-14-10-18(8-9-22(14)25)17(4)26-21-7-5-6-19(13-21)20-11-15(2)23(24(27)28)16(3)12-20;/h5-13,17,26H,1-4H3,(H,27,28);1H. The number of rotatable bonds is 5. The van der Waals surface area contributed by atoms with Crippen molar-refractivity contribution in [1.82, 2.24) is 0 Å². The average molecular weight is 430 g/mol. The molecule has 0 aliphatic carbocycles. The summed E-state index contributed by atoms with van der Waals surface area (Å²) in [5.41, 5.74) is 7.22. The maximum Gasteiger partial charge on any atom is 0.336 e. The van der Waals surface area contributed by atoms with Crippen molar-refractivity contribution in [3.8, 4) is 11.1 Å². The van der Waals surface area contributed by atoms with E-state index in [1.165, 1.54) is 5.56 Å². The number of aromatic carboxylic acids is 1. The second-order valence-corrected chi connectivity index (χ2v) is 7.65. The average Bonchev–Trinajstić information content (AvgIpc) is 2.63. The minimum Gasteiger partial charge on any atom is -0.478 e. The van der Waals surface area contributed by atoms with Crippen LogP contribution in [0.15, 0.2) is 54.6 Å². The maximum atomic E-state index is 11.4. The Kier molecular flexibility index (Phi) is 7.34. The largest absolute Gasteiger partial charge is 0.478 e. The van der Waals surface area contributed by atoms with Crippen LogP contribution in [0.3, 0.4) is 0 Å². The van der Waals surface area contributed by atoms with Crippen LogP contribution in [0.5, 0.6) is 0 Å². The minimum absolute atomic E-state index is 0. The Hall–Kier alpha value is -2.49. The fourth-order valence-electron chi connectivity index (χ4n) is 3.53. The van der Waals surface area contributed by atoms with Crippen LogP contribution in [-0.4, -0.2) is 11.1 Å². The fraction of sp³-hybridized carbons (Fsp3) is 0.208. The summed E-state index contributed by atoms with van der Waals surface area (Å²) in [5.74, 6) is -0.885. The molecule has 3 nitrogen and oxygen atoms in total. The van der Waals surface area contributed by atoms with Gasteiger partial charge in [-0.25, -0.2) is 4.79 Å². The summed E-state index contributed by atoms with van der Waals surface area (Å²) in [6.07, 6.45) is 0. The zero-order valence-electron chi connectivity index (χ0n) is 16.9. The molecule has 2 N–H and O–H groups in total. The maximum absolute atomic E-state index is 11.4. The topological polar surface area (TPSA) is 49.3 Å². The predicted octanol–water partition coefficient (Wildman–Crippen LogP) is 7.23. The second kappa shape index (κ2) is 9.34. The van der Waals surface area contributed by atoms with Crippen LogP contribution in [0.2, 0.25) is 5.02 Å². The quantitative estimate of drug-likeness (QED) is 0.449. The minimum atomic E-state index is -0.885. The van der Waals surface area contributed by atoms with Gasteiger partial charge in [0.25, 0.3) is 0 Å². The predicted molar refractivity (Wildman–Crippen MR) is 124 cm³/mol. The molecular weight excluding hydrogens is 405 g/mol. The van der Waals surface area contributed by atoms with Gasteiger partial charge in [0.15, 0.2) is 0 Å². The highest BCUT2D eigenvalue weighted by Crippen LogP contribution is 2.29. The van der Waals surface area contributed by atoms with E-state index in [1.54, 1.807) is 0 Å². The molecule has 5 heteroatoms. The summed E-state index contributed by atoms with van der Waals surface area (Å²) in [6, 6.07) is 18.2. The smallest absolute Gasteiger partial charge is 0.336 e. The first kappa shape index (κ1) is 22.8. The Balaban J connectivity index is 0.00000300. The number of carboxylic acid groups (broad SMARTS) is 1. The van der Waals surface area contributed by atoms with Crippen LogP contribution in [0.1, 0.15) is 45.6 Å². The zero-order chi connectivity index (χ0) is 20.4. The van der Waals surface area contributed by atoms with Crippen molar-refractivity contribution < 1.29 is 9.90 Å². The lowest BCUT2D eigenvalue weighted by Crippen LogP contribution is -2.07. The van der Waals surface area contributed by atoms with Gasteiger partial charge < -0.3 is 10.4 Å². The molecule has 1 atom stereocenters. The van der Waals surface area contributed by atoms with Crippen LogP contribution < -0.4 is 5.32 Å². The van der Waals surface area contributed by atoms with Gasteiger partial charge in [-0.1, -0.05) is 48.0 Å². The van der Waals surface area contributed by atoms with Gasteiger partial charge in [-0.2, -0.15) is 0 Å². The Labute approximate surface area is 183 Å². The normalized spacial score (nSPS) is 11.5. The number of hydrogen-bond donors (Lipinski definition) is 2. The summed E-state index contributed by atoms with van der Waals surface area (Å²) < 4.78 is 0. The van der Waals surface area contributed by atoms with E-state index in [2.05, 4.69) is 24.4 Å². The molecule has 0 aliphatic rings. The Morgan fingerprint density at radius 1 is 0.931 bits per heavy atom. The van der Waals surface area contributed by atoms with Gasteiger partial charge in [-0.3, -0.25) is 0 Å². The van der Waals surface area contributed by atoms with Crippen LogP contribution in [-0.2, 0) is 0 Å². The number of anilines is 1. The summed E-state index contributed by atoms with van der Waals surface area (Å²) >= 11 is 6.13. The molecule has 152 valence electrons. The number of halogens is 2. The van der Waals surface area contributed by atoms with E-state index in [0.29, 0.717) is 5.56 Å². The Morgan fingerprint density at radius 3 is 2.17 bits per heavy atom. The van der Waals surface area contributed by atoms with Crippen molar-refractivity contribution in [3.05, 3.63) is 87.4 Å². The second-order valence-electron chi connectivity index (χ2n) is 7.25. The van der Waals surface area contributed by atoms with E-state index < -0.39 is 5.97 Å². The van der Waals surface area contributed by atoms with Crippen LogP contribution >= 0.6 is 24.0 Å². The molecule has 0 fully saturated rings. The molecule has 0 spiro atoms. The summed E-state index contributed by atoms with van der Waals surface area (Å²) in [7, 11) is 0. The number of aryl methyl sites for hydroxylation is 3. The Morgan fingerprint density at radius 2 is 1.59 bits per heavy atom. The van der Waals surface area contributed by atoms with Crippen molar-refractivity contribution in [1.29, 1.82) is 0 Å². The lowest BCUT2D eigenvalue weighted by atomic mass is 9.95. The van der Waals surface area contributed by atoms with Crippen molar-refractivity contribution in [2.45, 2.75) is 33.7 Å². The fourth-order valence-corrected chi connectivity index (χ4v) is 3.64. The van der Waals surface area contributed by atoms with Crippen molar-refractivity contribution >= 4 is 35.7 Å². The highest BCUT2D eigenvalue weighted by Gasteiger charge is 2.13. The number of benzene rings is 3. The first-order valence-electron chi connectivity index (χ1n) is 9.24. The molecule has 29 heavy (non-hydrogen) atoms. The SMILES string of the molecule is Cc1cc(C(C)Nc2cccc(-c3cc(C)c(C(=O)O)c(C)c3)c2)ccc1Cl.Cl. The molecule has 3 aromatic rings. The van der Waals surface area contributed by atoms with Gasteiger partial charge in [-0.05, 0) is 79.3 Å². The molecular formula is C24H25Cl2NO2. The zero-order valence-corrected chi connectivity index (χ0v) is 18.5. The van der Waals surface area contributed by atoms with Crippen molar-refractivity contribution in [2.75, 3.05) is 5.32 Å². The molecule has 0 radical (unpaired) electrons. The molecule has 1 unspecified atom stereocenters. The van der Waals surface area contributed by atoms with Crippen molar-refractivity contribution in [3.63, 3.8) is 0 Å². The van der Waals surface area contributed by atoms with Gasteiger partial charge in [0.2, 0.25) is 0 Å². The monoisotopic (exact) mass is 429 g/mol. The van der Waals surface area contributed by atoms with Crippen LogP contribution in [0.25, 0.3) is 11.1 Å². The molecule has 0 aromatic heterocycles. The molecule has 3 aromatic carbocycles. The van der Waals surface area contributed by atoms with Gasteiger partial charge in [-0.15, -0.1) is 12.4 Å². The van der Waals surface area contributed by atoms with Gasteiger partial charge in [0, 0.05) is 16.8 Å². The summed E-state index contributed by atoms with van der Waals surface area (Å²) in [5, 5.41) is 13.7. The van der Waals surface area contributed by atoms with Gasteiger partial charge >= 0.3 is 5.97 Å². The third-order valence-electron chi connectivity index (χ3n) is 5.01. The lowest BCUT2D eigenvalue weighted by Gasteiger charge is -2.18. The van der Waals surface area contributed by atoms with E-state index in [0.717, 1.165) is 38.5 Å². The summed E-state index contributed by atoms with van der Waals surface area (Å²) in [6.45, 7) is 7.80. The molecule has 3 rings (SSSR count). The van der Waals surface area contributed by atoms with Crippen LogP contribution in [0.4, 0.5) is 5.69 Å². The highest BCUT2D eigenvalue weighted by atomic mass is 35.5. The third-order valence-corrected chi connectivity index (χ3v) is 5.43. The van der Waals surface area contributed by atoms with Gasteiger partial charge in [0.05, 0.1) is 5.56 Å². The van der Waals surface area contributed by atoms with Gasteiger partial charge in [0.1, 0.15) is 0 Å². The molecule has 0 bridgehead atoms. The molecule has 0 saturated carbocycles. The number of nitrogens with one attached hydrogen (secondary N) is 1. The lowest BCUT2D eigenvalue weighted by molar-refractivity contribution is 0.0695. The van der Waals surface area contributed by atoms with Crippen LogP contribution in [0, 0.1) is 20.8 Å². The Bertz CT molecular complexity index is 1020. The summed E-state index contributed by atoms with van der Waals surface area (Å²) in [4.78, 5) is 11.4. The first-order chi connectivity index (χ1) is 13.3. The third kappa shape index (κ3) is 5.11. The van der Waals surface area contributed by atoms with Crippen molar-refractivity contribution in [2.24, 2.45) is 0 Å². The van der Waals surface area contributed by atoms with E-state index in [4.69, 9.17) is 11.6 Å². The first-order valence-corrected chi connectivity index (χ1v) is 9.61. The van der Waals surface area contributed by atoms with E-state index in [9.17, 15) is 9.90 Å². The van der Waals surface area contributed by atoms with E-state index in [-0.39, 0.29) is 18.4 Å². The van der Waals surface area contributed by atoms with E-state index in [1.807, 2.05) is 63.2 Å². The highest BCUT2D eigenvalue weighted by molar-refractivity contribution is 6.31. The molecule has 0 amide bonds. The molecule has 0 heterocycles. The molecule has 0 aliphatic heterocycles. The number of hydrogen-bond acceptors (Lipinski definition) is 2. The van der Waals surface area contributed by atoms with E-state index >= 15 is 0 Å². The number of carboxylic acids is 1. The molecule has 0 saturated heterocycles. The number of carbonyl (C=O) groups is 1.